The summed E-state index contributed by atoms with van der Waals surface area (Å²) >= 11 is 0. The molecule has 1 nitrogen and oxygen atoms in total. The van der Waals surface area contributed by atoms with Crippen molar-refractivity contribution in [3.63, 3.8) is 0 Å². The molecule has 0 aliphatic carbocycles. The third-order valence-corrected chi connectivity index (χ3v) is 3.83. The number of hydrogen-bond donors (Lipinski definition) is 0. The van der Waals surface area contributed by atoms with Crippen LogP contribution in [0.5, 0.6) is 0 Å². The molecule has 0 bridgehead atoms. The number of allylic oxidation sites excluding steroid dienone is 1. The first-order chi connectivity index (χ1) is 9.42. The van der Waals surface area contributed by atoms with Crippen LogP contribution in [0, 0.1) is 0 Å². The summed E-state index contributed by atoms with van der Waals surface area (Å²) in [6.45, 7) is 8.46. The van der Waals surface area contributed by atoms with Crippen molar-refractivity contribution in [1.82, 2.24) is 0 Å². The highest BCUT2D eigenvalue weighted by Gasteiger charge is 2.42. The molecule has 0 heterocycles. The molecule has 1 rings (SSSR count). The Kier molecular flexibility index (Phi) is 6.06. The quantitative estimate of drug-likeness (QED) is 0.418. The van der Waals surface area contributed by atoms with Gasteiger partial charge < -0.3 is 4.74 Å². The maximum atomic E-state index is 12.8. The minimum atomic E-state index is -4.33. The van der Waals surface area contributed by atoms with Gasteiger partial charge in [-0.3, -0.25) is 0 Å². The first-order valence-corrected chi connectivity index (χ1v) is 7.48. The van der Waals surface area contributed by atoms with Crippen molar-refractivity contribution in [2.75, 3.05) is 6.66 Å². The molecule has 0 radical (unpaired) electrons. The van der Waals surface area contributed by atoms with E-state index < -0.39 is 11.8 Å². The number of ether oxygens (including phenoxy) is 1. The van der Waals surface area contributed by atoms with E-state index >= 15 is 0 Å². The van der Waals surface area contributed by atoms with Crippen LogP contribution >= 0.6 is 8.58 Å². The molecule has 0 saturated carbocycles. The molecule has 0 aromatic heterocycles. The minimum absolute atomic E-state index is 0.0618. The predicted molar refractivity (Wildman–Crippen MR) is 78.1 cm³/mol. The highest BCUT2D eigenvalue weighted by Crippen LogP contribution is 2.37. The molecule has 0 saturated heterocycles. The lowest BCUT2D eigenvalue weighted by Gasteiger charge is -2.20. The second-order valence-electron chi connectivity index (χ2n) is 4.04. The number of benzene rings is 1. The Morgan fingerprint density at radius 3 is 2.40 bits per heavy atom. The van der Waals surface area contributed by atoms with Gasteiger partial charge in [-0.05, 0) is 17.8 Å². The van der Waals surface area contributed by atoms with Crippen LogP contribution in [-0.4, -0.2) is 18.5 Å². The molecular formula is C15H16F3OP. The zero-order chi connectivity index (χ0) is 15.2. The van der Waals surface area contributed by atoms with Gasteiger partial charge in [-0.15, -0.1) is 8.58 Å². The zero-order valence-corrected chi connectivity index (χ0v) is 12.1. The predicted octanol–water partition coefficient (Wildman–Crippen LogP) is 4.75. The van der Waals surface area contributed by atoms with Crippen molar-refractivity contribution >= 4 is 14.7 Å². The largest absolute Gasteiger partial charge is 0.484 e. The lowest BCUT2D eigenvalue weighted by Crippen LogP contribution is -2.27. The first-order valence-electron chi connectivity index (χ1n) is 5.90. The van der Waals surface area contributed by atoms with Crippen molar-refractivity contribution in [2.24, 2.45) is 0 Å². The van der Waals surface area contributed by atoms with Gasteiger partial charge >= 0.3 is 6.18 Å². The molecule has 0 fully saturated rings. The summed E-state index contributed by atoms with van der Waals surface area (Å²) in [5.41, 5.74) is 2.36. The number of halogens is 3. The summed E-state index contributed by atoms with van der Waals surface area (Å²) < 4.78 is 43.7. The maximum absolute atomic E-state index is 12.8. The SMILES string of the molecule is C=C=C(OCc1ccc(C=C)cc1)C(PC)C(F)(F)F. The molecular weight excluding hydrogens is 284 g/mol. The molecule has 0 spiro atoms. The second-order valence-corrected chi connectivity index (χ2v) is 5.19. The van der Waals surface area contributed by atoms with Crippen LogP contribution in [0.25, 0.3) is 6.08 Å². The zero-order valence-electron chi connectivity index (χ0n) is 11.1. The van der Waals surface area contributed by atoms with Crippen molar-refractivity contribution in [1.29, 1.82) is 0 Å². The standard InChI is InChI=1S/C15H16F3OP/c1-4-11-6-8-12(9-7-11)10-19-13(5-2)14(20-3)15(16,17)18/h4,6-9,14,20H,1-2,10H2,3H3. The van der Waals surface area contributed by atoms with Crippen molar-refractivity contribution in [3.8, 4) is 0 Å². The molecule has 1 aromatic carbocycles. The third-order valence-electron chi connectivity index (χ3n) is 2.66. The second kappa shape index (κ2) is 7.33. The lowest BCUT2D eigenvalue weighted by molar-refractivity contribution is -0.129. The fourth-order valence-corrected chi connectivity index (χ4v) is 2.37. The third kappa shape index (κ3) is 4.56. The molecule has 0 aliphatic rings. The summed E-state index contributed by atoms with van der Waals surface area (Å²) in [6, 6.07) is 7.22. The monoisotopic (exact) mass is 300 g/mol. The smallest absolute Gasteiger partial charge is 0.402 e. The van der Waals surface area contributed by atoms with Crippen LogP contribution in [0.15, 0.2) is 48.9 Å². The van der Waals surface area contributed by atoms with E-state index in [0.717, 1.165) is 11.1 Å². The van der Waals surface area contributed by atoms with Crippen molar-refractivity contribution < 1.29 is 17.9 Å². The van der Waals surface area contributed by atoms with Crippen LogP contribution in [0.3, 0.4) is 0 Å². The number of alkyl halides is 3. The Morgan fingerprint density at radius 1 is 1.40 bits per heavy atom. The van der Waals surface area contributed by atoms with Gasteiger partial charge in [0, 0.05) is 0 Å². The Labute approximate surface area is 118 Å². The van der Waals surface area contributed by atoms with Gasteiger partial charge in [0.05, 0.1) is 0 Å². The molecule has 0 N–H and O–H groups in total. The normalized spacial score (nSPS) is 13.0. The molecule has 5 heteroatoms. The molecule has 2 atom stereocenters. The van der Waals surface area contributed by atoms with Crippen LogP contribution in [0.2, 0.25) is 0 Å². The highest BCUT2D eigenvalue weighted by atomic mass is 31.1. The van der Waals surface area contributed by atoms with Crippen LogP contribution in [0.4, 0.5) is 13.2 Å². The molecule has 1 aromatic rings. The van der Waals surface area contributed by atoms with E-state index in [1.165, 1.54) is 6.66 Å². The van der Waals surface area contributed by atoms with Gasteiger partial charge in [0.25, 0.3) is 0 Å². The van der Waals surface area contributed by atoms with Gasteiger partial charge in [0.1, 0.15) is 12.3 Å². The summed E-state index contributed by atoms with van der Waals surface area (Å²) in [5.74, 6) is -0.244. The van der Waals surface area contributed by atoms with E-state index in [2.05, 4.69) is 18.9 Å². The Balaban J connectivity index is 2.74. The van der Waals surface area contributed by atoms with Gasteiger partial charge in [-0.2, -0.15) is 13.2 Å². The number of hydrogen-bond acceptors (Lipinski definition) is 1. The van der Waals surface area contributed by atoms with Crippen molar-refractivity contribution in [3.05, 3.63) is 60.0 Å². The highest BCUT2D eigenvalue weighted by molar-refractivity contribution is 7.38. The van der Waals surface area contributed by atoms with E-state index in [9.17, 15) is 13.2 Å². The van der Waals surface area contributed by atoms with E-state index in [0.29, 0.717) is 0 Å². The molecule has 2 unspecified atom stereocenters. The summed E-state index contributed by atoms with van der Waals surface area (Å²) in [5, 5.41) is 0. The lowest BCUT2D eigenvalue weighted by atomic mass is 10.1. The van der Waals surface area contributed by atoms with Crippen molar-refractivity contribution in [2.45, 2.75) is 18.4 Å². The summed E-state index contributed by atoms with van der Waals surface area (Å²) in [6.07, 6.45) is -2.64. The Morgan fingerprint density at radius 2 is 2.00 bits per heavy atom. The van der Waals surface area contributed by atoms with E-state index in [4.69, 9.17) is 4.74 Å². The van der Waals surface area contributed by atoms with Gasteiger partial charge in [-0.25, -0.2) is 0 Å². The van der Waals surface area contributed by atoms with E-state index in [1.807, 2.05) is 12.1 Å². The fourth-order valence-electron chi connectivity index (χ4n) is 1.59. The average Bonchev–Trinajstić information content (AvgIpc) is 2.42. The molecule has 20 heavy (non-hydrogen) atoms. The van der Waals surface area contributed by atoms with Crippen LogP contribution in [-0.2, 0) is 11.3 Å². The number of rotatable bonds is 6. The maximum Gasteiger partial charge on any atom is 0.402 e. The average molecular weight is 300 g/mol. The fraction of sp³-hybridized carbons (Fsp3) is 0.267. The summed E-state index contributed by atoms with van der Waals surface area (Å²) in [4.78, 5) is 0. The minimum Gasteiger partial charge on any atom is -0.484 e. The van der Waals surface area contributed by atoms with Crippen LogP contribution < -0.4 is 0 Å². The molecule has 0 amide bonds. The Hall–Kier alpha value is -1.50. The van der Waals surface area contributed by atoms with Gasteiger partial charge in [-0.1, -0.05) is 49.2 Å². The van der Waals surface area contributed by atoms with Gasteiger partial charge in [0.2, 0.25) is 0 Å². The molecule has 108 valence electrons. The topological polar surface area (TPSA) is 9.23 Å². The summed E-state index contributed by atoms with van der Waals surface area (Å²) in [7, 11) is -0.350. The van der Waals surface area contributed by atoms with Crippen LogP contribution in [0.1, 0.15) is 11.1 Å². The first kappa shape index (κ1) is 16.6. The van der Waals surface area contributed by atoms with Gasteiger partial charge in [0.15, 0.2) is 5.76 Å². The molecule has 0 aliphatic heterocycles. The Bertz CT molecular complexity index is 499. The van der Waals surface area contributed by atoms with E-state index in [-0.39, 0.29) is 20.9 Å². The van der Waals surface area contributed by atoms with E-state index in [1.54, 1.807) is 18.2 Å².